The third kappa shape index (κ3) is 5.16. The highest BCUT2D eigenvalue weighted by molar-refractivity contribution is 5.91. The molecule has 1 N–H and O–H groups in total. The van der Waals surface area contributed by atoms with E-state index in [9.17, 15) is 13.6 Å². The lowest BCUT2D eigenvalue weighted by Crippen LogP contribution is -2.20. The van der Waals surface area contributed by atoms with E-state index in [2.05, 4.69) is 22.4 Å². The molecule has 0 saturated carbocycles. The van der Waals surface area contributed by atoms with Crippen molar-refractivity contribution in [3.05, 3.63) is 120 Å². The molecule has 4 rings (SSSR count). The molecule has 1 heterocycles. The average Bonchev–Trinajstić information content (AvgIpc) is 3.31. The second kappa shape index (κ2) is 9.83. The van der Waals surface area contributed by atoms with Crippen LogP contribution in [-0.2, 0) is 17.9 Å². The lowest BCUT2D eigenvalue weighted by Gasteiger charge is -2.11. The van der Waals surface area contributed by atoms with Gasteiger partial charge in [0, 0.05) is 37.1 Å². The number of hydrogen-bond donors (Lipinski definition) is 1. The first-order valence-corrected chi connectivity index (χ1v) is 10.1. The van der Waals surface area contributed by atoms with E-state index in [4.69, 9.17) is 0 Å². The van der Waals surface area contributed by atoms with E-state index < -0.39 is 17.5 Å². The summed E-state index contributed by atoms with van der Waals surface area (Å²) in [5, 5.41) is 2.78. The van der Waals surface area contributed by atoms with Gasteiger partial charge in [0.25, 0.3) is 0 Å². The predicted octanol–water partition coefficient (Wildman–Crippen LogP) is 5.21. The standard InChI is InChI=1S/C26H21F2N3O/c27-24-6-3-7-25(28)23(24)12-13-26(32)30-16-21-4-1-2-5-22(21)20-10-8-19(9-11-20)17-31-15-14-29-18-31/h1-15,18H,16-17H2,(H,30,32)/b13-12+. The predicted molar refractivity (Wildman–Crippen MR) is 120 cm³/mol. The third-order valence-corrected chi connectivity index (χ3v) is 5.06. The van der Waals surface area contributed by atoms with Crippen molar-refractivity contribution < 1.29 is 13.6 Å². The summed E-state index contributed by atoms with van der Waals surface area (Å²) in [7, 11) is 0. The zero-order chi connectivity index (χ0) is 22.3. The highest BCUT2D eigenvalue weighted by Crippen LogP contribution is 2.24. The van der Waals surface area contributed by atoms with Crippen LogP contribution in [0.15, 0.2) is 91.5 Å². The van der Waals surface area contributed by atoms with Crippen molar-refractivity contribution in [1.29, 1.82) is 0 Å². The number of benzene rings is 3. The van der Waals surface area contributed by atoms with E-state index in [0.717, 1.165) is 53.1 Å². The number of carbonyl (C=O) groups excluding carboxylic acids is 1. The van der Waals surface area contributed by atoms with E-state index in [1.807, 2.05) is 47.2 Å². The molecule has 0 unspecified atom stereocenters. The summed E-state index contributed by atoms with van der Waals surface area (Å²) in [6.07, 6.45) is 7.72. The molecule has 3 aromatic carbocycles. The Bertz CT molecular complexity index is 1210. The minimum atomic E-state index is -0.712. The molecule has 0 fully saturated rings. The molecule has 32 heavy (non-hydrogen) atoms. The molecule has 0 atom stereocenters. The van der Waals surface area contributed by atoms with Crippen LogP contribution in [0.25, 0.3) is 17.2 Å². The van der Waals surface area contributed by atoms with Gasteiger partial charge in [-0.1, -0.05) is 54.6 Å². The Hall–Kier alpha value is -4.06. The highest BCUT2D eigenvalue weighted by Gasteiger charge is 2.08. The fourth-order valence-corrected chi connectivity index (χ4v) is 3.41. The fourth-order valence-electron chi connectivity index (χ4n) is 3.41. The molecule has 0 radical (unpaired) electrons. The summed E-state index contributed by atoms with van der Waals surface area (Å²) in [4.78, 5) is 16.3. The minimum Gasteiger partial charge on any atom is -0.348 e. The second-order valence-corrected chi connectivity index (χ2v) is 7.28. The molecule has 0 bridgehead atoms. The maximum absolute atomic E-state index is 13.7. The topological polar surface area (TPSA) is 46.9 Å². The number of carbonyl (C=O) groups is 1. The van der Waals surface area contributed by atoms with E-state index in [1.54, 1.807) is 12.5 Å². The van der Waals surface area contributed by atoms with Crippen molar-refractivity contribution in [3.63, 3.8) is 0 Å². The number of aromatic nitrogens is 2. The Morgan fingerprint density at radius 1 is 0.969 bits per heavy atom. The van der Waals surface area contributed by atoms with Crippen LogP contribution in [0, 0.1) is 11.6 Å². The van der Waals surface area contributed by atoms with Crippen LogP contribution < -0.4 is 5.32 Å². The first-order valence-electron chi connectivity index (χ1n) is 10.1. The monoisotopic (exact) mass is 429 g/mol. The van der Waals surface area contributed by atoms with Gasteiger partial charge in [-0.3, -0.25) is 4.79 Å². The number of imidazole rings is 1. The maximum atomic E-state index is 13.7. The van der Waals surface area contributed by atoms with Crippen molar-refractivity contribution in [2.75, 3.05) is 0 Å². The van der Waals surface area contributed by atoms with Crippen LogP contribution >= 0.6 is 0 Å². The Kier molecular flexibility index (Phi) is 6.51. The molecule has 4 nitrogen and oxygen atoms in total. The summed E-state index contributed by atoms with van der Waals surface area (Å²) in [5.41, 5.74) is 3.90. The van der Waals surface area contributed by atoms with E-state index in [0.29, 0.717) is 0 Å². The number of amides is 1. The number of rotatable bonds is 7. The van der Waals surface area contributed by atoms with Gasteiger partial charge >= 0.3 is 0 Å². The maximum Gasteiger partial charge on any atom is 0.244 e. The van der Waals surface area contributed by atoms with Crippen LogP contribution in [0.3, 0.4) is 0 Å². The van der Waals surface area contributed by atoms with Crippen LogP contribution in [0.1, 0.15) is 16.7 Å². The molecule has 0 spiro atoms. The zero-order valence-corrected chi connectivity index (χ0v) is 17.2. The molecule has 0 saturated heterocycles. The van der Waals surface area contributed by atoms with Crippen molar-refractivity contribution in [3.8, 4) is 11.1 Å². The average molecular weight is 429 g/mol. The van der Waals surface area contributed by atoms with Crippen LogP contribution in [0.2, 0.25) is 0 Å². The van der Waals surface area contributed by atoms with Gasteiger partial charge in [0.05, 0.1) is 6.33 Å². The molecular weight excluding hydrogens is 408 g/mol. The number of nitrogens with zero attached hydrogens (tertiary/aromatic N) is 2. The lowest BCUT2D eigenvalue weighted by molar-refractivity contribution is -0.116. The molecule has 160 valence electrons. The smallest absolute Gasteiger partial charge is 0.244 e. The van der Waals surface area contributed by atoms with E-state index in [-0.39, 0.29) is 12.1 Å². The van der Waals surface area contributed by atoms with Crippen LogP contribution in [-0.4, -0.2) is 15.5 Å². The Balaban J connectivity index is 1.43. The summed E-state index contributed by atoms with van der Waals surface area (Å²) in [6.45, 7) is 1.03. The molecule has 0 aliphatic heterocycles. The fraction of sp³-hybridized carbons (Fsp3) is 0.0769. The first kappa shape index (κ1) is 21.2. The van der Waals surface area contributed by atoms with Gasteiger partial charge in [-0.25, -0.2) is 13.8 Å². The van der Waals surface area contributed by atoms with Gasteiger partial charge in [-0.15, -0.1) is 0 Å². The van der Waals surface area contributed by atoms with E-state index in [1.165, 1.54) is 6.07 Å². The summed E-state index contributed by atoms with van der Waals surface area (Å²) in [6, 6.07) is 19.6. The highest BCUT2D eigenvalue weighted by atomic mass is 19.1. The number of hydrogen-bond acceptors (Lipinski definition) is 2. The van der Waals surface area contributed by atoms with Gasteiger partial charge in [0.1, 0.15) is 11.6 Å². The van der Waals surface area contributed by atoms with Gasteiger partial charge in [-0.2, -0.15) is 0 Å². The summed E-state index contributed by atoms with van der Waals surface area (Å²) >= 11 is 0. The van der Waals surface area contributed by atoms with Gasteiger partial charge in [0.2, 0.25) is 5.91 Å². The summed E-state index contributed by atoms with van der Waals surface area (Å²) < 4.78 is 29.4. The molecule has 4 aromatic rings. The van der Waals surface area contributed by atoms with Gasteiger partial charge < -0.3 is 9.88 Å². The van der Waals surface area contributed by atoms with Crippen molar-refractivity contribution in [1.82, 2.24) is 14.9 Å². The molecule has 0 aliphatic carbocycles. The number of nitrogens with one attached hydrogen (secondary N) is 1. The van der Waals surface area contributed by atoms with E-state index >= 15 is 0 Å². The molecule has 1 aromatic heterocycles. The zero-order valence-electron chi connectivity index (χ0n) is 17.2. The Morgan fingerprint density at radius 3 is 2.44 bits per heavy atom. The second-order valence-electron chi connectivity index (χ2n) is 7.28. The summed E-state index contributed by atoms with van der Waals surface area (Å²) in [5.74, 6) is -1.86. The Labute approximate surface area is 184 Å². The Morgan fingerprint density at radius 2 is 1.72 bits per heavy atom. The largest absolute Gasteiger partial charge is 0.348 e. The van der Waals surface area contributed by atoms with Crippen molar-refractivity contribution >= 4 is 12.0 Å². The van der Waals surface area contributed by atoms with Gasteiger partial charge in [-0.05, 0) is 40.5 Å². The first-order chi connectivity index (χ1) is 15.6. The van der Waals surface area contributed by atoms with Gasteiger partial charge in [0.15, 0.2) is 0 Å². The molecule has 6 heteroatoms. The third-order valence-electron chi connectivity index (χ3n) is 5.06. The quantitative estimate of drug-likeness (QED) is 0.410. The number of halogens is 2. The van der Waals surface area contributed by atoms with Crippen molar-refractivity contribution in [2.45, 2.75) is 13.1 Å². The normalized spacial score (nSPS) is 11.1. The lowest BCUT2D eigenvalue weighted by atomic mass is 9.98. The molecule has 0 aliphatic rings. The molecule has 1 amide bonds. The molecular formula is C26H21F2N3O. The SMILES string of the molecule is O=C(/C=C/c1c(F)cccc1F)NCc1ccccc1-c1ccc(Cn2ccnc2)cc1. The van der Waals surface area contributed by atoms with Crippen molar-refractivity contribution in [2.24, 2.45) is 0 Å². The van der Waals surface area contributed by atoms with Crippen LogP contribution in [0.5, 0.6) is 0 Å². The minimum absolute atomic E-state index is 0.237. The van der Waals surface area contributed by atoms with Crippen LogP contribution in [0.4, 0.5) is 8.78 Å².